The number of hydrogen-bond acceptors (Lipinski definition) is 3. The molecule has 0 amide bonds. The molecule has 0 atom stereocenters. The largest absolute Gasteiger partial charge is 0.311 e. The summed E-state index contributed by atoms with van der Waals surface area (Å²) in [7, 11) is 0. The molecule has 318 valence electrons. The van der Waals surface area contributed by atoms with Gasteiger partial charge in [0, 0.05) is 43.3 Å². The van der Waals surface area contributed by atoms with Crippen LogP contribution in [0.15, 0.2) is 97.1 Å². The van der Waals surface area contributed by atoms with Crippen LogP contribution in [-0.4, -0.2) is 6.71 Å². The van der Waals surface area contributed by atoms with Crippen molar-refractivity contribution in [3.05, 3.63) is 125 Å². The van der Waals surface area contributed by atoms with Gasteiger partial charge in [0.25, 0.3) is 6.71 Å². The summed E-state index contributed by atoms with van der Waals surface area (Å²) < 4.78 is 2.85. The third kappa shape index (κ3) is 6.30. The Morgan fingerprint density at radius 2 is 0.952 bits per heavy atom. The normalized spacial score (nSPS) is 22.9. The summed E-state index contributed by atoms with van der Waals surface area (Å²) in [5.41, 5.74) is 18.5. The Labute approximate surface area is 377 Å². The predicted molar refractivity (Wildman–Crippen MR) is 270 cm³/mol. The SMILES string of the molecule is CC(C)(C)c1ccc(N2c3ccc(C(C)(C)C)cc3B3c4sc5ccc(C(C)(C)C)cc5c4N(c4ccc(C(C)(C)C)cc4)c4cc(C56CC7CC(CC(C7)C5)C6)cc2c43)cc1. The molecule has 4 fully saturated rings. The van der Waals surface area contributed by atoms with E-state index in [-0.39, 0.29) is 33.8 Å². The highest BCUT2D eigenvalue weighted by Gasteiger charge is 2.53. The summed E-state index contributed by atoms with van der Waals surface area (Å²) >= 11 is 2.03. The Morgan fingerprint density at radius 1 is 0.500 bits per heavy atom. The minimum atomic E-state index is 0.0137. The number of rotatable bonds is 3. The molecule has 0 saturated heterocycles. The van der Waals surface area contributed by atoms with Crippen molar-refractivity contribution in [3.8, 4) is 0 Å². The molecule has 12 rings (SSSR count). The second-order valence-electron chi connectivity index (χ2n) is 24.6. The van der Waals surface area contributed by atoms with E-state index in [1.54, 1.807) is 5.56 Å². The minimum Gasteiger partial charge on any atom is -0.311 e. The molecule has 5 aromatic carbocycles. The number of benzene rings is 5. The summed E-state index contributed by atoms with van der Waals surface area (Å²) in [6, 6.07) is 39.6. The van der Waals surface area contributed by atoms with E-state index in [0.29, 0.717) is 0 Å². The Morgan fingerprint density at radius 3 is 1.47 bits per heavy atom. The summed E-state index contributed by atoms with van der Waals surface area (Å²) in [4.78, 5) is 5.43. The zero-order chi connectivity index (χ0) is 43.5. The van der Waals surface area contributed by atoms with Gasteiger partial charge in [-0.05, 0) is 177 Å². The lowest BCUT2D eigenvalue weighted by Gasteiger charge is -2.57. The van der Waals surface area contributed by atoms with Crippen molar-refractivity contribution in [1.82, 2.24) is 0 Å². The highest BCUT2D eigenvalue weighted by Crippen LogP contribution is 2.62. The first-order valence-electron chi connectivity index (χ1n) is 23.9. The van der Waals surface area contributed by atoms with Gasteiger partial charge in [0.2, 0.25) is 0 Å². The van der Waals surface area contributed by atoms with Gasteiger partial charge in [-0.15, -0.1) is 11.3 Å². The van der Waals surface area contributed by atoms with Crippen molar-refractivity contribution >= 4 is 78.0 Å². The fraction of sp³-hybridized carbons (Fsp3) is 0.448. The second-order valence-corrected chi connectivity index (χ2v) is 25.7. The van der Waals surface area contributed by atoms with Gasteiger partial charge in [0.15, 0.2) is 0 Å². The minimum absolute atomic E-state index is 0.0137. The van der Waals surface area contributed by atoms with Crippen LogP contribution in [-0.2, 0) is 27.1 Å². The average Bonchev–Trinajstić information content (AvgIpc) is 3.57. The van der Waals surface area contributed by atoms with Crippen LogP contribution in [0.4, 0.5) is 34.1 Å². The van der Waals surface area contributed by atoms with Crippen LogP contribution in [0.5, 0.6) is 0 Å². The number of anilines is 6. The lowest BCUT2D eigenvalue weighted by molar-refractivity contribution is -0.00514. The first-order chi connectivity index (χ1) is 29.2. The number of thiophene rings is 1. The van der Waals surface area contributed by atoms with Crippen molar-refractivity contribution in [1.29, 1.82) is 0 Å². The molecule has 6 aromatic rings. The standard InChI is InChI=1S/C58H67BN2S/c1-54(2,3)38-13-19-43(20-14-38)60-47-23-17-41(57(10,11)12)29-46(47)59-51-48(60)30-42(58-32-35-25-36(33-58)27-37(26-35)34-58)31-49(51)61(44-21-15-39(16-22-44)55(4,5)6)52-45-28-40(56(7,8)9)18-24-50(45)62-53(52)59/h13-24,28-31,35-37H,25-27,32-34H2,1-12H3. The van der Waals surface area contributed by atoms with E-state index in [1.165, 1.54) is 121 Å². The Balaban J connectivity index is 1.26. The van der Waals surface area contributed by atoms with E-state index in [9.17, 15) is 0 Å². The molecule has 6 aliphatic rings. The Bertz CT molecular complexity index is 2720. The molecule has 0 unspecified atom stereocenters. The molecular formula is C58H67BN2S. The topological polar surface area (TPSA) is 6.48 Å². The van der Waals surface area contributed by atoms with Gasteiger partial charge in [-0.2, -0.15) is 0 Å². The van der Waals surface area contributed by atoms with Crippen LogP contribution in [0.2, 0.25) is 0 Å². The lowest BCUT2D eigenvalue weighted by atomic mass is 9.35. The summed E-state index contributed by atoms with van der Waals surface area (Å²) in [6.07, 6.45) is 8.36. The molecule has 0 N–H and O–H groups in total. The molecule has 2 aliphatic heterocycles. The molecular weight excluding hydrogens is 768 g/mol. The van der Waals surface area contributed by atoms with Gasteiger partial charge in [-0.3, -0.25) is 0 Å². The van der Waals surface area contributed by atoms with Gasteiger partial charge < -0.3 is 9.80 Å². The van der Waals surface area contributed by atoms with Crippen LogP contribution in [0.1, 0.15) is 149 Å². The lowest BCUT2D eigenvalue weighted by Crippen LogP contribution is -2.61. The summed E-state index contributed by atoms with van der Waals surface area (Å²) in [5, 5.41) is 1.39. The maximum Gasteiger partial charge on any atom is 0.264 e. The van der Waals surface area contributed by atoms with Crippen LogP contribution in [0.3, 0.4) is 0 Å². The average molecular weight is 835 g/mol. The molecule has 0 radical (unpaired) electrons. The van der Waals surface area contributed by atoms with Crippen molar-refractivity contribution in [2.75, 3.05) is 9.80 Å². The molecule has 0 spiro atoms. The quantitative estimate of drug-likeness (QED) is 0.164. The van der Waals surface area contributed by atoms with E-state index in [0.717, 1.165) is 17.8 Å². The maximum atomic E-state index is 2.75. The third-order valence-corrected chi connectivity index (χ3v) is 17.3. The van der Waals surface area contributed by atoms with E-state index < -0.39 is 0 Å². The molecule has 4 aliphatic carbocycles. The van der Waals surface area contributed by atoms with E-state index in [4.69, 9.17) is 0 Å². The van der Waals surface area contributed by atoms with Crippen molar-refractivity contribution in [3.63, 3.8) is 0 Å². The van der Waals surface area contributed by atoms with E-state index in [2.05, 4.69) is 190 Å². The number of nitrogens with zero attached hydrogens (tertiary/aromatic N) is 2. The first-order valence-corrected chi connectivity index (χ1v) is 24.7. The van der Waals surface area contributed by atoms with Crippen LogP contribution in [0.25, 0.3) is 10.1 Å². The Hall–Kier alpha value is -4.28. The fourth-order valence-corrected chi connectivity index (χ4v) is 14.3. The van der Waals surface area contributed by atoms with Gasteiger partial charge in [0.05, 0.1) is 5.69 Å². The van der Waals surface area contributed by atoms with E-state index in [1.807, 2.05) is 11.3 Å². The van der Waals surface area contributed by atoms with Crippen molar-refractivity contribution in [2.24, 2.45) is 17.8 Å². The molecule has 4 heteroatoms. The molecule has 2 nitrogen and oxygen atoms in total. The fourth-order valence-electron chi connectivity index (χ4n) is 13.0. The van der Waals surface area contributed by atoms with Crippen LogP contribution < -0.4 is 25.5 Å². The Kier molecular flexibility index (Phi) is 8.74. The zero-order valence-electron chi connectivity index (χ0n) is 39.6. The highest BCUT2D eigenvalue weighted by atomic mass is 32.1. The zero-order valence-corrected chi connectivity index (χ0v) is 40.4. The monoisotopic (exact) mass is 835 g/mol. The molecule has 4 bridgehead atoms. The van der Waals surface area contributed by atoms with Crippen molar-refractivity contribution < 1.29 is 0 Å². The predicted octanol–water partition coefficient (Wildman–Crippen LogP) is 14.6. The van der Waals surface area contributed by atoms with Gasteiger partial charge >= 0.3 is 0 Å². The van der Waals surface area contributed by atoms with Crippen molar-refractivity contribution in [2.45, 2.75) is 149 Å². The summed E-state index contributed by atoms with van der Waals surface area (Å²) in [5.74, 6) is 2.59. The molecule has 3 heterocycles. The molecule has 4 saturated carbocycles. The van der Waals surface area contributed by atoms with E-state index >= 15 is 0 Å². The first kappa shape index (κ1) is 40.5. The highest BCUT2D eigenvalue weighted by molar-refractivity contribution is 7.33. The van der Waals surface area contributed by atoms with Gasteiger partial charge in [0.1, 0.15) is 0 Å². The van der Waals surface area contributed by atoms with Gasteiger partial charge in [-0.25, -0.2) is 0 Å². The van der Waals surface area contributed by atoms with Crippen LogP contribution >= 0.6 is 11.3 Å². The van der Waals surface area contributed by atoms with Gasteiger partial charge in [-0.1, -0.05) is 126 Å². The van der Waals surface area contributed by atoms with Crippen LogP contribution in [0, 0.1) is 17.8 Å². The number of fused-ring (bicyclic) bond motifs is 6. The molecule has 62 heavy (non-hydrogen) atoms. The summed E-state index contributed by atoms with van der Waals surface area (Å²) in [6.45, 7) is 28.3. The third-order valence-electron chi connectivity index (χ3n) is 16.0. The number of hydrogen-bond donors (Lipinski definition) is 0. The maximum absolute atomic E-state index is 2.75. The smallest absolute Gasteiger partial charge is 0.264 e. The molecule has 1 aromatic heterocycles. The second kappa shape index (κ2) is 13.4.